The van der Waals surface area contributed by atoms with Crippen molar-refractivity contribution in [2.75, 3.05) is 4.72 Å². The van der Waals surface area contributed by atoms with Crippen molar-refractivity contribution in [3.8, 4) is 0 Å². The van der Waals surface area contributed by atoms with Crippen LogP contribution >= 0.6 is 0 Å². The van der Waals surface area contributed by atoms with Crippen molar-refractivity contribution >= 4 is 15.7 Å². The Labute approximate surface area is 114 Å². The number of sulfonamides is 1. The normalized spacial score (nSPS) is 11.4. The van der Waals surface area contributed by atoms with Crippen molar-refractivity contribution in [2.45, 2.75) is 11.8 Å². The van der Waals surface area contributed by atoms with Gasteiger partial charge in [-0.2, -0.15) is 0 Å². The summed E-state index contributed by atoms with van der Waals surface area (Å²) in [4.78, 5) is -0.678. The van der Waals surface area contributed by atoms with E-state index in [0.29, 0.717) is 11.6 Å². The number of hydrogen-bond acceptors (Lipinski definition) is 2. The van der Waals surface area contributed by atoms with Crippen molar-refractivity contribution in [1.29, 1.82) is 0 Å². The summed E-state index contributed by atoms with van der Waals surface area (Å²) in [5.41, 5.74) is 0.464. The summed E-state index contributed by atoms with van der Waals surface area (Å²) in [6, 6.07) is 5.58. The molecule has 0 atom stereocenters. The van der Waals surface area contributed by atoms with E-state index in [9.17, 15) is 21.6 Å². The fraction of sp³-hybridized carbons (Fsp3) is 0.0769. The van der Waals surface area contributed by atoms with Gasteiger partial charge >= 0.3 is 0 Å². The lowest BCUT2D eigenvalue weighted by Gasteiger charge is -2.11. The van der Waals surface area contributed by atoms with Crippen LogP contribution in [0.1, 0.15) is 5.56 Å². The molecule has 0 saturated carbocycles. The molecule has 2 aromatic carbocycles. The molecule has 106 valence electrons. The minimum atomic E-state index is -4.21. The molecule has 2 rings (SSSR count). The molecular formula is C13H10F3NO2S. The molecule has 0 bridgehead atoms. The predicted molar refractivity (Wildman–Crippen MR) is 68.3 cm³/mol. The van der Waals surface area contributed by atoms with Gasteiger partial charge in [-0.1, -0.05) is 0 Å². The third kappa shape index (κ3) is 2.93. The molecule has 0 saturated heterocycles. The number of rotatable bonds is 3. The Bertz CT molecular complexity index is 760. The highest BCUT2D eigenvalue weighted by Gasteiger charge is 2.20. The minimum absolute atomic E-state index is 0.120. The van der Waals surface area contributed by atoms with E-state index >= 15 is 0 Å². The first kappa shape index (κ1) is 14.4. The first-order valence-electron chi connectivity index (χ1n) is 5.53. The summed E-state index contributed by atoms with van der Waals surface area (Å²) in [5, 5.41) is 0. The largest absolute Gasteiger partial charge is 0.279 e. The molecular weight excluding hydrogens is 291 g/mol. The van der Waals surface area contributed by atoms with Gasteiger partial charge < -0.3 is 0 Å². The highest BCUT2D eigenvalue weighted by Crippen LogP contribution is 2.22. The maximum atomic E-state index is 13.5. The molecule has 0 aromatic heterocycles. The first-order valence-corrected chi connectivity index (χ1v) is 7.02. The molecule has 0 heterocycles. The van der Waals surface area contributed by atoms with Gasteiger partial charge in [-0.05, 0) is 42.8 Å². The molecule has 0 aliphatic rings. The van der Waals surface area contributed by atoms with Gasteiger partial charge in [-0.25, -0.2) is 21.6 Å². The van der Waals surface area contributed by atoms with Gasteiger partial charge in [-0.3, -0.25) is 4.72 Å². The third-order valence-corrected chi connectivity index (χ3v) is 4.01. The van der Waals surface area contributed by atoms with Gasteiger partial charge in [0.05, 0.1) is 5.69 Å². The molecule has 0 amide bonds. The number of hydrogen-bond donors (Lipinski definition) is 1. The van der Waals surface area contributed by atoms with Crippen LogP contribution in [0.2, 0.25) is 0 Å². The molecule has 0 aliphatic carbocycles. The van der Waals surface area contributed by atoms with Gasteiger partial charge in [0.2, 0.25) is 0 Å². The third-order valence-electron chi connectivity index (χ3n) is 2.62. The lowest BCUT2D eigenvalue weighted by Crippen LogP contribution is -2.15. The van der Waals surface area contributed by atoms with Crippen molar-refractivity contribution < 1.29 is 21.6 Å². The predicted octanol–water partition coefficient (Wildman–Crippen LogP) is 3.21. The van der Waals surface area contributed by atoms with Crippen molar-refractivity contribution in [3.05, 3.63) is 59.4 Å². The van der Waals surface area contributed by atoms with E-state index in [2.05, 4.69) is 4.72 Å². The summed E-state index contributed by atoms with van der Waals surface area (Å²) in [6.45, 7) is 1.50. The van der Waals surface area contributed by atoms with Crippen LogP contribution in [0, 0.1) is 24.4 Å². The average Bonchev–Trinajstić information content (AvgIpc) is 2.32. The number of anilines is 1. The molecule has 3 nitrogen and oxygen atoms in total. The van der Waals surface area contributed by atoms with E-state index in [1.54, 1.807) is 0 Å². The van der Waals surface area contributed by atoms with E-state index < -0.39 is 32.4 Å². The Kier molecular flexibility index (Phi) is 3.71. The molecule has 0 aliphatic heterocycles. The van der Waals surface area contributed by atoms with Gasteiger partial charge in [-0.15, -0.1) is 0 Å². The Morgan fingerprint density at radius 1 is 0.950 bits per heavy atom. The summed E-state index contributed by atoms with van der Waals surface area (Å²) in [6.07, 6.45) is 0. The maximum Gasteiger partial charge on any atom is 0.264 e. The Morgan fingerprint density at radius 3 is 2.15 bits per heavy atom. The number of aryl methyl sites for hydroxylation is 1. The smallest absolute Gasteiger partial charge is 0.264 e. The molecule has 20 heavy (non-hydrogen) atoms. The second kappa shape index (κ2) is 5.16. The summed E-state index contributed by atoms with van der Waals surface area (Å²) >= 11 is 0. The topological polar surface area (TPSA) is 46.2 Å². The summed E-state index contributed by atoms with van der Waals surface area (Å²) < 4.78 is 65.3. The molecule has 1 N–H and O–H groups in total. The van der Waals surface area contributed by atoms with Crippen LogP contribution < -0.4 is 4.72 Å². The maximum absolute atomic E-state index is 13.5. The second-order valence-corrected chi connectivity index (χ2v) is 5.79. The number of nitrogens with one attached hydrogen (secondary N) is 1. The Morgan fingerprint density at radius 2 is 1.55 bits per heavy atom. The first-order chi connectivity index (χ1) is 9.29. The number of halogens is 3. The molecule has 7 heteroatoms. The van der Waals surface area contributed by atoms with E-state index in [-0.39, 0.29) is 5.69 Å². The number of benzene rings is 2. The zero-order valence-corrected chi connectivity index (χ0v) is 11.1. The van der Waals surface area contributed by atoms with Gasteiger partial charge in [0.1, 0.15) is 22.3 Å². The van der Waals surface area contributed by atoms with Crippen LogP contribution in [0.3, 0.4) is 0 Å². The highest BCUT2D eigenvalue weighted by molar-refractivity contribution is 7.92. The van der Waals surface area contributed by atoms with Crippen molar-refractivity contribution in [2.24, 2.45) is 0 Å². The Hall–Kier alpha value is -2.02. The molecule has 0 fully saturated rings. The highest BCUT2D eigenvalue weighted by atomic mass is 32.2. The molecule has 0 unspecified atom stereocenters. The van der Waals surface area contributed by atoms with Crippen LogP contribution in [0.5, 0.6) is 0 Å². The molecule has 0 radical (unpaired) electrons. The second-order valence-electron chi connectivity index (χ2n) is 4.14. The fourth-order valence-electron chi connectivity index (χ4n) is 1.63. The van der Waals surface area contributed by atoms with Crippen LogP contribution in [0.25, 0.3) is 0 Å². The van der Waals surface area contributed by atoms with Crippen LogP contribution in [-0.4, -0.2) is 8.42 Å². The lowest BCUT2D eigenvalue weighted by molar-refractivity contribution is 0.551. The summed E-state index contributed by atoms with van der Waals surface area (Å²) in [7, 11) is -4.21. The van der Waals surface area contributed by atoms with E-state index in [1.165, 1.54) is 13.0 Å². The zero-order valence-electron chi connectivity index (χ0n) is 10.3. The van der Waals surface area contributed by atoms with Crippen molar-refractivity contribution in [1.82, 2.24) is 0 Å². The minimum Gasteiger partial charge on any atom is -0.279 e. The van der Waals surface area contributed by atoms with E-state index in [1.807, 2.05) is 0 Å². The van der Waals surface area contributed by atoms with Gasteiger partial charge in [0, 0.05) is 6.07 Å². The summed E-state index contributed by atoms with van der Waals surface area (Å²) in [5.74, 6) is -2.59. The standard InChI is InChI=1S/C13H10F3NO2S/c1-8-6-9(14)2-4-12(8)17-20(18,19)13-5-3-10(15)7-11(13)16/h2-7,17H,1H3. The fourth-order valence-corrected chi connectivity index (χ4v) is 2.83. The monoisotopic (exact) mass is 301 g/mol. The Balaban J connectivity index is 2.41. The average molecular weight is 301 g/mol. The van der Waals surface area contributed by atoms with E-state index in [4.69, 9.17) is 0 Å². The van der Waals surface area contributed by atoms with Gasteiger partial charge in [0.25, 0.3) is 10.0 Å². The quantitative estimate of drug-likeness (QED) is 0.946. The SMILES string of the molecule is Cc1cc(F)ccc1NS(=O)(=O)c1ccc(F)cc1F. The van der Waals surface area contributed by atoms with Crippen LogP contribution in [0.15, 0.2) is 41.3 Å². The van der Waals surface area contributed by atoms with Crippen LogP contribution in [0.4, 0.5) is 18.9 Å². The van der Waals surface area contributed by atoms with Crippen LogP contribution in [-0.2, 0) is 10.0 Å². The molecule has 0 spiro atoms. The van der Waals surface area contributed by atoms with Gasteiger partial charge in [0.15, 0.2) is 0 Å². The van der Waals surface area contributed by atoms with E-state index in [0.717, 1.165) is 24.3 Å². The van der Waals surface area contributed by atoms with Crippen molar-refractivity contribution in [3.63, 3.8) is 0 Å². The zero-order chi connectivity index (χ0) is 14.9. The lowest BCUT2D eigenvalue weighted by atomic mass is 10.2. The molecule has 2 aromatic rings.